The third-order valence-corrected chi connectivity index (χ3v) is 9.00. The van der Waals surface area contributed by atoms with E-state index in [1.807, 2.05) is 25.1 Å². The first-order valence-corrected chi connectivity index (χ1v) is 16.4. The predicted molar refractivity (Wildman–Crippen MR) is 193 cm³/mol. The summed E-state index contributed by atoms with van der Waals surface area (Å²) in [7, 11) is 0. The molecule has 1 aliphatic rings. The van der Waals surface area contributed by atoms with Crippen molar-refractivity contribution in [1.82, 2.24) is 24.6 Å². The van der Waals surface area contributed by atoms with E-state index in [-0.39, 0.29) is 23.8 Å². The van der Waals surface area contributed by atoms with Crippen molar-refractivity contribution in [3.05, 3.63) is 94.8 Å². The fourth-order valence-electron chi connectivity index (χ4n) is 6.16. The molecule has 15 heteroatoms. The molecule has 1 amide bonds. The minimum Gasteiger partial charge on any atom is -0.492 e. The fraction of sp³-hybridized carbons (Fsp3) is 0.250. The molecule has 0 unspecified atom stereocenters. The zero-order chi connectivity index (χ0) is 36.4. The van der Waals surface area contributed by atoms with Crippen LogP contribution in [0.15, 0.2) is 67.4 Å². The van der Waals surface area contributed by atoms with Gasteiger partial charge < -0.3 is 31.0 Å². The second kappa shape index (κ2) is 14.3. The summed E-state index contributed by atoms with van der Waals surface area (Å²) in [6, 6.07) is 13.5. The van der Waals surface area contributed by atoms with Crippen LogP contribution in [0.3, 0.4) is 0 Å². The highest BCUT2D eigenvalue weighted by atomic mass is 35.5. The number of carbonyl (C=O) groups excluding carboxylic acids is 1. The largest absolute Gasteiger partial charge is 0.492 e. The van der Waals surface area contributed by atoms with Crippen LogP contribution < -0.4 is 20.7 Å². The van der Waals surface area contributed by atoms with Gasteiger partial charge in [0.25, 0.3) is 0 Å². The molecule has 1 saturated heterocycles. The number of fused-ring (bicyclic) bond motifs is 1. The van der Waals surface area contributed by atoms with Gasteiger partial charge in [-0.05, 0) is 79.1 Å². The quantitative estimate of drug-likeness (QED) is 0.0630. The highest BCUT2D eigenvalue weighted by Gasteiger charge is 2.37. The predicted octanol–water partition coefficient (Wildman–Crippen LogP) is 6.68. The molecule has 1 fully saturated rings. The molecule has 5 aromatic rings. The van der Waals surface area contributed by atoms with E-state index in [0.717, 1.165) is 15.8 Å². The number of alkyl halides is 3. The van der Waals surface area contributed by atoms with Crippen LogP contribution in [0.25, 0.3) is 27.7 Å². The Morgan fingerprint density at radius 2 is 1.80 bits per heavy atom. The zero-order valence-corrected chi connectivity index (χ0v) is 28.6. The number of amides is 1. The first kappa shape index (κ1) is 35.2. The first-order chi connectivity index (χ1) is 24.4. The van der Waals surface area contributed by atoms with Gasteiger partial charge in [0.05, 0.1) is 23.9 Å². The van der Waals surface area contributed by atoms with E-state index in [2.05, 4.69) is 21.9 Å². The monoisotopic (exact) mass is 717 g/mol. The molecular formula is C36H35ClF3N9O2. The number of hydrogen-bond acceptors (Lipinski definition) is 9. The van der Waals surface area contributed by atoms with Crippen molar-refractivity contribution in [2.24, 2.45) is 0 Å². The molecule has 264 valence electrons. The number of anilines is 3. The van der Waals surface area contributed by atoms with Crippen molar-refractivity contribution in [3.63, 3.8) is 0 Å². The number of piperazine rings is 1. The van der Waals surface area contributed by atoms with Crippen LogP contribution in [-0.4, -0.2) is 76.1 Å². The molecule has 0 bridgehead atoms. The lowest BCUT2D eigenvalue weighted by molar-refractivity contribution is -0.143. The molecule has 3 heterocycles. The molecule has 1 aliphatic heterocycles. The average molecular weight is 718 g/mol. The number of hydrogen-bond donors (Lipinski definition) is 3. The van der Waals surface area contributed by atoms with Gasteiger partial charge in [-0.2, -0.15) is 23.3 Å². The third kappa shape index (κ3) is 7.17. The maximum atomic E-state index is 13.6. The van der Waals surface area contributed by atoms with E-state index in [4.69, 9.17) is 37.4 Å². The fourth-order valence-corrected chi connectivity index (χ4v) is 6.41. The molecule has 6 rings (SSSR count). The number of carbonyl (C=O) groups is 1. The Balaban J connectivity index is 1.25. The maximum Gasteiger partial charge on any atom is 0.433 e. The summed E-state index contributed by atoms with van der Waals surface area (Å²) in [6.45, 7) is 9.42. The van der Waals surface area contributed by atoms with Gasteiger partial charge in [-0.25, -0.2) is 9.67 Å². The summed E-state index contributed by atoms with van der Waals surface area (Å²) in [5.41, 5.74) is 9.61. The van der Waals surface area contributed by atoms with E-state index in [0.29, 0.717) is 83.0 Å². The van der Waals surface area contributed by atoms with Gasteiger partial charge in [-0.1, -0.05) is 24.2 Å². The third-order valence-electron chi connectivity index (χ3n) is 8.69. The molecule has 0 atom stereocenters. The molecule has 0 aliphatic carbocycles. The van der Waals surface area contributed by atoms with Crippen LogP contribution in [0.4, 0.5) is 30.6 Å². The average Bonchev–Trinajstić information content (AvgIpc) is 3.52. The summed E-state index contributed by atoms with van der Waals surface area (Å²) >= 11 is 6.92. The number of nitrogen functional groups attached to an aromatic ring is 1. The number of nitrogens with two attached hydrogens (primary N) is 1. The highest BCUT2D eigenvalue weighted by molar-refractivity contribution is 6.34. The van der Waals surface area contributed by atoms with Crippen LogP contribution in [0, 0.1) is 19.3 Å². The minimum atomic E-state index is -4.54. The van der Waals surface area contributed by atoms with E-state index < -0.39 is 11.9 Å². The number of rotatable bonds is 10. The van der Waals surface area contributed by atoms with Gasteiger partial charge in [-0.3, -0.25) is 4.79 Å². The lowest BCUT2D eigenvalue weighted by Crippen LogP contribution is -2.48. The van der Waals surface area contributed by atoms with Crippen LogP contribution in [-0.2, 0) is 11.0 Å². The molecule has 0 saturated carbocycles. The van der Waals surface area contributed by atoms with Gasteiger partial charge in [0.2, 0.25) is 11.9 Å². The number of aromatic nitrogens is 4. The molecule has 2 aromatic heterocycles. The van der Waals surface area contributed by atoms with Crippen molar-refractivity contribution in [3.8, 4) is 22.6 Å². The van der Waals surface area contributed by atoms with Crippen molar-refractivity contribution < 1.29 is 22.7 Å². The van der Waals surface area contributed by atoms with Crippen LogP contribution in [0.2, 0.25) is 5.02 Å². The van der Waals surface area contributed by atoms with Crippen molar-refractivity contribution >= 4 is 52.1 Å². The molecule has 11 nitrogen and oxygen atoms in total. The molecule has 4 N–H and O–H groups in total. The van der Waals surface area contributed by atoms with Crippen LogP contribution >= 0.6 is 11.6 Å². The highest BCUT2D eigenvalue weighted by Crippen LogP contribution is 2.39. The zero-order valence-electron chi connectivity index (χ0n) is 27.9. The van der Waals surface area contributed by atoms with Crippen LogP contribution in [0.5, 0.6) is 5.75 Å². The van der Waals surface area contributed by atoms with Crippen LogP contribution in [0.1, 0.15) is 22.4 Å². The summed E-state index contributed by atoms with van der Waals surface area (Å²) in [5, 5.41) is 16.3. The maximum absolute atomic E-state index is 13.6. The summed E-state index contributed by atoms with van der Waals surface area (Å²) < 4.78 is 47.4. The molecule has 0 spiro atoms. The Labute approximate surface area is 297 Å². The van der Waals surface area contributed by atoms with E-state index in [1.165, 1.54) is 37.5 Å². The van der Waals surface area contributed by atoms with E-state index in [9.17, 15) is 18.0 Å². The van der Waals surface area contributed by atoms with Gasteiger partial charge >= 0.3 is 6.18 Å². The smallest absolute Gasteiger partial charge is 0.433 e. The van der Waals surface area contributed by atoms with Crippen molar-refractivity contribution in [2.45, 2.75) is 20.0 Å². The number of aryl methyl sites for hydroxylation is 2. The Bertz CT molecular complexity index is 2130. The number of ether oxygens (including phenoxy) is 1. The van der Waals surface area contributed by atoms with Gasteiger partial charge in [0.1, 0.15) is 18.2 Å². The standard InChI is InChI=1S/C36H35ClF3N9O2/c1-4-31(50)47-12-14-48(15-13-47)34-26-17-28(37)25(32-21(2)5-10-29(42)27(32)19-41)18-30(26)45-35(46-34)43-11-16-51-24-8-6-23(7-9-24)49-33(36(38,39)40)22(3)20-44-49/h4-10,17-20,41H,1,11-16,42H2,2-3H3,(H,43,45,46). The topological polar surface area (TPSA) is 138 Å². The molecule has 51 heavy (non-hydrogen) atoms. The number of benzene rings is 3. The van der Waals surface area contributed by atoms with E-state index in [1.54, 1.807) is 23.1 Å². The minimum absolute atomic E-state index is 0.0355. The second-order valence-electron chi connectivity index (χ2n) is 12.0. The van der Waals surface area contributed by atoms with Gasteiger partial charge in [0.15, 0.2) is 5.69 Å². The van der Waals surface area contributed by atoms with Crippen molar-refractivity contribution in [1.29, 1.82) is 5.41 Å². The summed E-state index contributed by atoms with van der Waals surface area (Å²) in [5.74, 6) is 1.30. The lowest BCUT2D eigenvalue weighted by atomic mass is 9.93. The second-order valence-corrected chi connectivity index (χ2v) is 12.4. The van der Waals surface area contributed by atoms with Gasteiger partial charge in [-0.15, -0.1) is 0 Å². The number of halogens is 4. The Kier molecular flexibility index (Phi) is 9.88. The Morgan fingerprint density at radius 1 is 1.08 bits per heavy atom. The Morgan fingerprint density at radius 3 is 2.47 bits per heavy atom. The summed E-state index contributed by atoms with van der Waals surface area (Å²) in [6.07, 6.45) is -0.839. The number of nitrogens with one attached hydrogen (secondary N) is 2. The van der Waals surface area contributed by atoms with E-state index >= 15 is 0 Å². The molecule has 0 radical (unpaired) electrons. The molecular weight excluding hydrogens is 683 g/mol. The molecule has 3 aromatic carbocycles. The van der Waals surface area contributed by atoms with Crippen molar-refractivity contribution in [2.75, 3.05) is 55.3 Å². The van der Waals surface area contributed by atoms with Gasteiger partial charge in [0, 0.05) is 59.6 Å². The normalized spacial score (nSPS) is 13.4. The first-order valence-electron chi connectivity index (χ1n) is 16.1. The lowest BCUT2D eigenvalue weighted by Gasteiger charge is -2.35. The SMILES string of the molecule is C=CC(=O)N1CCN(c2nc(NCCOc3ccc(-n4ncc(C)c4C(F)(F)F)cc3)nc3cc(-c4c(C)ccc(N)c4C=N)c(Cl)cc23)CC1. The summed E-state index contributed by atoms with van der Waals surface area (Å²) in [4.78, 5) is 25.7. The Hall–Kier alpha value is -5.63. The number of nitrogens with zero attached hydrogens (tertiary/aromatic N) is 6.